The molecule has 16 heavy (non-hydrogen) atoms. The summed E-state index contributed by atoms with van der Waals surface area (Å²) in [5.41, 5.74) is 0.715. The van der Waals surface area contributed by atoms with Crippen molar-refractivity contribution in [3.8, 4) is 6.07 Å². The number of rotatable bonds is 4. The van der Waals surface area contributed by atoms with Crippen molar-refractivity contribution >= 4 is 23.5 Å². The van der Waals surface area contributed by atoms with E-state index >= 15 is 0 Å². The van der Waals surface area contributed by atoms with Crippen LogP contribution in [0.1, 0.15) is 19.4 Å². The molecule has 2 atom stereocenters. The fourth-order valence-corrected chi connectivity index (χ4v) is 2.86. The van der Waals surface area contributed by atoms with Crippen LogP contribution in [-0.4, -0.2) is 22.7 Å². The van der Waals surface area contributed by atoms with E-state index in [1.165, 1.54) is 0 Å². The van der Waals surface area contributed by atoms with E-state index in [1.807, 2.05) is 31.4 Å². The molecule has 0 aliphatic carbocycles. The Balaban J connectivity index is 3.01. The minimum absolute atomic E-state index is 0.0872. The normalized spacial score (nSPS) is 14.2. The standard InChI is InChI=1S/C12H15NOS2/c1-8(14)9(2)16-12-6-4-5-11(15-3)10(12)7-13/h4-6,8-9,14H,1-3H3. The van der Waals surface area contributed by atoms with E-state index in [0.29, 0.717) is 5.56 Å². The first-order valence-electron chi connectivity index (χ1n) is 5.02. The van der Waals surface area contributed by atoms with Crippen LogP contribution in [0.5, 0.6) is 0 Å². The van der Waals surface area contributed by atoms with Crippen LogP contribution < -0.4 is 0 Å². The lowest BCUT2D eigenvalue weighted by molar-refractivity contribution is 0.196. The molecule has 86 valence electrons. The lowest BCUT2D eigenvalue weighted by Crippen LogP contribution is -2.15. The highest BCUT2D eigenvalue weighted by atomic mass is 32.2. The largest absolute Gasteiger partial charge is 0.392 e. The molecule has 1 N–H and O–H groups in total. The second-order valence-corrected chi connectivity index (χ2v) is 5.78. The highest BCUT2D eigenvalue weighted by Crippen LogP contribution is 2.32. The van der Waals surface area contributed by atoms with E-state index in [-0.39, 0.29) is 11.4 Å². The van der Waals surface area contributed by atoms with E-state index in [4.69, 9.17) is 5.26 Å². The predicted octanol–water partition coefficient (Wildman–Crippen LogP) is 3.14. The average Bonchev–Trinajstić information content (AvgIpc) is 2.28. The van der Waals surface area contributed by atoms with Crippen LogP contribution in [0.2, 0.25) is 0 Å². The summed E-state index contributed by atoms with van der Waals surface area (Å²) in [6.07, 6.45) is 1.58. The second-order valence-electron chi connectivity index (χ2n) is 3.51. The zero-order valence-corrected chi connectivity index (χ0v) is 11.2. The molecule has 1 aromatic carbocycles. The molecule has 0 aliphatic rings. The van der Waals surface area contributed by atoms with Crippen molar-refractivity contribution in [2.45, 2.75) is 35.0 Å². The van der Waals surface area contributed by atoms with Crippen LogP contribution in [-0.2, 0) is 0 Å². The Hall–Kier alpha value is -0.630. The fourth-order valence-electron chi connectivity index (χ4n) is 1.19. The predicted molar refractivity (Wildman–Crippen MR) is 69.9 cm³/mol. The van der Waals surface area contributed by atoms with Crippen LogP contribution >= 0.6 is 23.5 Å². The lowest BCUT2D eigenvalue weighted by Gasteiger charge is -2.15. The Kier molecular flexibility index (Phi) is 5.20. The monoisotopic (exact) mass is 253 g/mol. The van der Waals surface area contributed by atoms with Crippen molar-refractivity contribution in [2.24, 2.45) is 0 Å². The van der Waals surface area contributed by atoms with Crippen molar-refractivity contribution in [1.82, 2.24) is 0 Å². The molecule has 1 aromatic rings. The van der Waals surface area contributed by atoms with Crippen LogP contribution in [0.4, 0.5) is 0 Å². The molecule has 0 heterocycles. The molecule has 2 nitrogen and oxygen atoms in total. The minimum Gasteiger partial charge on any atom is -0.392 e. The van der Waals surface area contributed by atoms with Crippen molar-refractivity contribution in [3.63, 3.8) is 0 Å². The molecule has 0 bridgehead atoms. The minimum atomic E-state index is -0.380. The van der Waals surface area contributed by atoms with Gasteiger partial charge in [-0.3, -0.25) is 0 Å². The van der Waals surface area contributed by atoms with Gasteiger partial charge < -0.3 is 5.11 Å². The highest BCUT2D eigenvalue weighted by molar-refractivity contribution is 8.00. The molecule has 0 aromatic heterocycles. The summed E-state index contributed by atoms with van der Waals surface area (Å²) < 4.78 is 0. The number of aliphatic hydroxyl groups excluding tert-OH is 1. The summed E-state index contributed by atoms with van der Waals surface area (Å²) in [6.45, 7) is 3.73. The third-order valence-corrected chi connectivity index (χ3v) is 4.45. The molecule has 0 saturated carbocycles. The maximum atomic E-state index is 9.46. The van der Waals surface area contributed by atoms with E-state index in [9.17, 15) is 5.11 Å². The summed E-state index contributed by atoms with van der Waals surface area (Å²) >= 11 is 3.12. The van der Waals surface area contributed by atoms with Crippen LogP contribution in [0, 0.1) is 11.3 Å². The van der Waals surface area contributed by atoms with E-state index in [0.717, 1.165) is 9.79 Å². The number of hydrogen-bond acceptors (Lipinski definition) is 4. The Morgan fingerprint density at radius 1 is 1.31 bits per heavy atom. The summed E-state index contributed by atoms with van der Waals surface area (Å²) in [5.74, 6) is 0. The van der Waals surface area contributed by atoms with Gasteiger partial charge in [0.05, 0.1) is 11.7 Å². The topological polar surface area (TPSA) is 44.0 Å². The first-order chi connectivity index (χ1) is 7.60. The van der Waals surface area contributed by atoms with Crippen LogP contribution in [0.15, 0.2) is 28.0 Å². The molecule has 1 rings (SSSR count). The Bertz CT molecular complexity index is 398. The summed E-state index contributed by atoms with van der Waals surface area (Å²) in [4.78, 5) is 1.94. The summed E-state index contributed by atoms with van der Waals surface area (Å²) in [6, 6.07) is 8.06. The number of benzene rings is 1. The van der Waals surface area contributed by atoms with Gasteiger partial charge in [-0.15, -0.1) is 23.5 Å². The Morgan fingerprint density at radius 2 is 1.94 bits per heavy atom. The van der Waals surface area contributed by atoms with Gasteiger partial charge in [-0.25, -0.2) is 0 Å². The quantitative estimate of drug-likeness (QED) is 0.837. The molecule has 0 radical (unpaired) electrons. The van der Waals surface area contributed by atoms with Gasteiger partial charge in [0.15, 0.2) is 0 Å². The first-order valence-corrected chi connectivity index (χ1v) is 7.12. The number of thioether (sulfide) groups is 2. The third kappa shape index (κ3) is 3.18. The van der Waals surface area contributed by atoms with Crippen molar-refractivity contribution < 1.29 is 5.11 Å². The molecule has 0 saturated heterocycles. The van der Waals surface area contributed by atoms with Gasteiger partial charge in [0, 0.05) is 15.0 Å². The number of aliphatic hydroxyl groups is 1. The molecule has 4 heteroatoms. The smallest absolute Gasteiger partial charge is 0.101 e. The molecule has 0 spiro atoms. The zero-order valence-electron chi connectivity index (χ0n) is 9.60. The lowest BCUT2D eigenvalue weighted by atomic mass is 10.2. The van der Waals surface area contributed by atoms with E-state index < -0.39 is 0 Å². The van der Waals surface area contributed by atoms with Gasteiger partial charge in [0.25, 0.3) is 0 Å². The van der Waals surface area contributed by atoms with Crippen molar-refractivity contribution in [2.75, 3.05) is 6.26 Å². The molecule has 0 amide bonds. The maximum Gasteiger partial charge on any atom is 0.101 e. The van der Waals surface area contributed by atoms with Crippen molar-refractivity contribution in [1.29, 1.82) is 5.26 Å². The second kappa shape index (κ2) is 6.19. The van der Waals surface area contributed by atoms with Gasteiger partial charge in [-0.2, -0.15) is 5.26 Å². The molecular formula is C12H15NOS2. The number of hydrogen-bond donors (Lipinski definition) is 1. The molecular weight excluding hydrogens is 238 g/mol. The molecule has 2 unspecified atom stereocenters. The summed E-state index contributed by atoms with van der Waals surface area (Å²) in [7, 11) is 0. The van der Waals surface area contributed by atoms with Gasteiger partial charge in [-0.1, -0.05) is 13.0 Å². The summed E-state index contributed by atoms with van der Waals surface area (Å²) in [5, 5.41) is 18.7. The van der Waals surface area contributed by atoms with Crippen LogP contribution in [0.3, 0.4) is 0 Å². The highest BCUT2D eigenvalue weighted by Gasteiger charge is 2.14. The molecule has 0 aliphatic heterocycles. The van der Waals surface area contributed by atoms with Crippen molar-refractivity contribution in [3.05, 3.63) is 23.8 Å². The van der Waals surface area contributed by atoms with E-state index in [2.05, 4.69) is 6.07 Å². The average molecular weight is 253 g/mol. The van der Waals surface area contributed by atoms with Gasteiger partial charge in [-0.05, 0) is 25.3 Å². The number of nitrogens with zero attached hydrogens (tertiary/aromatic N) is 1. The SMILES string of the molecule is CSc1cccc(SC(C)C(C)O)c1C#N. The number of nitriles is 1. The van der Waals surface area contributed by atoms with Gasteiger partial charge in [0.1, 0.15) is 6.07 Å². The Morgan fingerprint density at radius 3 is 2.44 bits per heavy atom. The third-order valence-electron chi connectivity index (χ3n) is 2.31. The fraction of sp³-hybridized carbons (Fsp3) is 0.417. The van der Waals surface area contributed by atoms with Gasteiger partial charge >= 0.3 is 0 Å². The Labute approximate surface area is 105 Å². The van der Waals surface area contributed by atoms with Gasteiger partial charge in [0.2, 0.25) is 0 Å². The zero-order chi connectivity index (χ0) is 12.1. The first kappa shape index (κ1) is 13.4. The van der Waals surface area contributed by atoms with Crippen LogP contribution in [0.25, 0.3) is 0 Å². The maximum absolute atomic E-state index is 9.46. The van der Waals surface area contributed by atoms with E-state index in [1.54, 1.807) is 30.4 Å². The molecule has 0 fully saturated rings.